The summed E-state index contributed by atoms with van der Waals surface area (Å²) in [5, 5.41) is 15.9. The molecule has 0 unspecified atom stereocenters. The highest BCUT2D eigenvalue weighted by atomic mass is 15.3. The summed E-state index contributed by atoms with van der Waals surface area (Å²) in [6, 6.07) is 15.2. The van der Waals surface area contributed by atoms with Crippen LogP contribution in [-0.2, 0) is 0 Å². The van der Waals surface area contributed by atoms with E-state index in [-0.39, 0.29) is 0 Å². The van der Waals surface area contributed by atoms with E-state index in [1.54, 1.807) is 0 Å². The van der Waals surface area contributed by atoms with Gasteiger partial charge in [0.25, 0.3) is 0 Å². The van der Waals surface area contributed by atoms with Gasteiger partial charge in [-0.2, -0.15) is 0 Å². The maximum atomic E-state index is 5.64. The van der Waals surface area contributed by atoms with Gasteiger partial charge in [-0.15, -0.1) is 10.2 Å². The normalized spacial score (nSPS) is 10.4. The number of hydrogen-bond donors (Lipinski definition) is 2. The maximum absolute atomic E-state index is 5.64. The van der Waals surface area contributed by atoms with E-state index < -0.39 is 0 Å². The number of benzene rings is 2. The molecule has 88 valence electrons. The van der Waals surface area contributed by atoms with Gasteiger partial charge in [-0.05, 0) is 41.6 Å². The van der Waals surface area contributed by atoms with Crippen molar-refractivity contribution in [3.05, 3.63) is 48.5 Å². The molecular weight excluding hydrogens is 226 g/mol. The van der Waals surface area contributed by atoms with Crippen molar-refractivity contribution in [2.75, 3.05) is 11.1 Å². The van der Waals surface area contributed by atoms with E-state index in [1.807, 2.05) is 48.5 Å². The summed E-state index contributed by atoms with van der Waals surface area (Å²) in [6.45, 7) is 0. The molecule has 0 aliphatic heterocycles. The predicted octanol–water partition coefficient (Wildman–Crippen LogP) is 2.35. The minimum atomic E-state index is 0.686. The highest BCUT2D eigenvalue weighted by molar-refractivity contribution is 5.89. The van der Waals surface area contributed by atoms with Crippen molar-refractivity contribution in [3.63, 3.8) is 0 Å². The molecule has 5 heteroatoms. The molecule has 0 saturated heterocycles. The number of nitrogen functional groups attached to an aromatic ring is 1. The summed E-state index contributed by atoms with van der Waals surface area (Å²) in [4.78, 5) is 0. The van der Waals surface area contributed by atoms with Crippen LogP contribution in [0.4, 0.5) is 17.2 Å². The molecule has 1 heterocycles. The molecule has 0 atom stereocenters. The molecule has 1 aromatic heterocycles. The van der Waals surface area contributed by atoms with Gasteiger partial charge in [0.15, 0.2) is 5.82 Å². The quantitative estimate of drug-likeness (QED) is 0.669. The Balaban J connectivity index is 2.02. The first-order valence-electron chi connectivity index (χ1n) is 5.53. The number of fused-ring (bicyclic) bond motifs is 1. The van der Waals surface area contributed by atoms with Crippen molar-refractivity contribution in [2.45, 2.75) is 0 Å². The van der Waals surface area contributed by atoms with Crippen molar-refractivity contribution in [1.29, 1.82) is 0 Å². The fourth-order valence-corrected chi connectivity index (χ4v) is 1.73. The smallest absolute Gasteiger partial charge is 0.164 e. The molecule has 0 bridgehead atoms. The monoisotopic (exact) mass is 237 g/mol. The van der Waals surface area contributed by atoms with Crippen LogP contribution in [0.1, 0.15) is 0 Å². The second-order valence-corrected chi connectivity index (χ2v) is 3.90. The second kappa shape index (κ2) is 4.29. The van der Waals surface area contributed by atoms with Gasteiger partial charge in [0, 0.05) is 16.8 Å². The Morgan fingerprint density at radius 3 is 2.50 bits per heavy atom. The third-order valence-electron chi connectivity index (χ3n) is 2.63. The van der Waals surface area contributed by atoms with Gasteiger partial charge in [-0.1, -0.05) is 12.1 Å². The van der Waals surface area contributed by atoms with Crippen LogP contribution in [0.2, 0.25) is 0 Å². The average molecular weight is 237 g/mol. The Morgan fingerprint density at radius 1 is 0.889 bits per heavy atom. The molecule has 3 N–H and O–H groups in total. The lowest BCUT2D eigenvalue weighted by Gasteiger charge is -2.07. The zero-order chi connectivity index (χ0) is 12.4. The molecular formula is C13H11N5. The molecule has 2 aromatic carbocycles. The third kappa shape index (κ3) is 1.93. The lowest BCUT2D eigenvalue weighted by molar-refractivity contribution is 0.900. The van der Waals surface area contributed by atoms with Gasteiger partial charge in [0.1, 0.15) is 0 Å². The number of nitrogens with two attached hydrogens (primary N) is 1. The molecule has 0 saturated carbocycles. The molecule has 0 aliphatic carbocycles. The minimum Gasteiger partial charge on any atom is -0.399 e. The van der Waals surface area contributed by atoms with Crippen LogP contribution in [0.3, 0.4) is 0 Å². The molecule has 3 aromatic rings. The lowest BCUT2D eigenvalue weighted by Crippen LogP contribution is -1.98. The predicted molar refractivity (Wildman–Crippen MR) is 71.5 cm³/mol. The molecule has 0 amide bonds. The number of hydrogen-bond acceptors (Lipinski definition) is 5. The van der Waals surface area contributed by atoms with Crippen molar-refractivity contribution >= 4 is 28.1 Å². The van der Waals surface area contributed by atoms with Crippen LogP contribution in [0, 0.1) is 0 Å². The van der Waals surface area contributed by atoms with Crippen LogP contribution >= 0.6 is 0 Å². The average Bonchev–Trinajstić information content (AvgIpc) is 2.42. The Morgan fingerprint density at radius 2 is 1.67 bits per heavy atom. The molecule has 0 fully saturated rings. The molecule has 0 radical (unpaired) electrons. The lowest BCUT2D eigenvalue weighted by atomic mass is 10.2. The number of anilines is 3. The highest BCUT2D eigenvalue weighted by Gasteiger charge is 2.03. The van der Waals surface area contributed by atoms with E-state index in [0.29, 0.717) is 5.82 Å². The Kier molecular flexibility index (Phi) is 2.49. The van der Waals surface area contributed by atoms with E-state index >= 15 is 0 Å². The first kappa shape index (κ1) is 10.5. The zero-order valence-corrected chi connectivity index (χ0v) is 9.54. The van der Waals surface area contributed by atoms with Gasteiger partial charge in [-0.3, -0.25) is 0 Å². The number of nitrogens with one attached hydrogen (secondary N) is 1. The topological polar surface area (TPSA) is 76.7 Å². The fraction of sp³-hybridized carbons (Fsp3) is 0. The minimum absolute atomic E-state index is 0.686. The van der Waals surface area contributed by atoms with Gasteiger partial charge >= 0.3 is 0 Å². The van der Waals surface area contributed by atoms with Crippen LogP contribution in [0.25, 0.3) is 10.9 Å². The standard InChI is InChI=1S/C13H11N5/c14-9-5-7-10(8-6-9)15-13-11-3-1-2-4-12(11)16-18-17-13/h1-8H,14H2,(H,15,16,17). The summed E-state index contributed by atoms with van der Waals surface area (Å²) in [5.74, 6) is 0.686. The summed E-state index contributed by atoms with van der Waals surface area (Å²) >= 11 is 0. The van der Waals surface area contributed by atoms with Crippen molar-refractivity contribution < 1.29 is 0 Å². The van der Waals surface area contributed by atoms with Crippen LogP contribution in [-0.4, -0.2) is 15.4 Å². The van der Waals surface area contributed by atoms with Crippen molar-refractivity contribution in [2.24, 2.45) is 0 Å². The van der Waals surface area contributed by atoms with Crippen molar-refractivity contribution in [3.8, 4) is 0 Å². The maximum Gasteiger partial charge on any atom is 0.164 e. The number of aromatic nitrogens is 3. The molecule has 0 spiro atoms. The van der Waals surface area contributed by atoms with E-state index in [0.717, 1.165) is 22.3 Å². The largest absolute Gasteiger partial charge is 0.399 e. The summed E-state index contributed by atoms with van der Waals surface area (Å²) in [5.41, 5.74) is 8.10. The van der Waals surface area contributed by atoms with Crippen LogP contribution in [0.5, 0.6) is 0 Å². The highest BCUT2D eigenvalue weighted by Crippen LogP contribution is 2.22. The number of nitrogens with zero attached hydrogens (tertiary/aromatic N) is 3. The Bertz CT molecular complexity index is 673. The molecule has 0 aliphatic rings. The van der Waals surface area contributed by atoms with Crippen LogP contribution < -0.4 is 11.1 Å². The van der Waals surface area contributed by atoms with Gasteiger partial charge in [0.05, 0.1) is 5.52 Å². The Labute approximate surface area is 104 Å². The first-order chi connectivity index (χ1) is 8.83. The Hall–Kier alpha value is -2.69. The summed E-state index contributed by atoms with van der Waals surface area (Å²) in [6.07, 6.45) is 0. The van der Waals surface area contributed by atoms with Gasteiger partial charge in [0.2, 0.25) is 0 Å². The molecule has 3 rings (SSSR count). The van der Waals surface area contributed by atoms with Gasteiger partial charge < -0.3 is 11.1 Å². The molecule has 5 nitrogen and oxygen atoms in total. The van der Waals surface area contributed by atoms with Gasteiger partial charge in [-0.25, -0.2) is 0 Å². The van der Waals surface area contributed by atoms with E-state index in [9.17, 15) is 0 Å². The van der Waals surface area contributed by atoms with E-state index in [1.165, 1.54) is 0 Å². The SMILES string of the molecule is Nc1ccc(Nc2nnnc3ccccc23)cc1. The third-order valence-corrected chi connectivity index (χ3v) is 2.63. The summed E-state index contributed by atoms with van der Waals surface area (Å²) in [7, 11) is 0. The number of rotatable bonds is 2. The molecule has 18 heavy (non-hydrogen) atoms. The second-order valence-electron chi connectivity index (χ2n) is 3.90. The van der Waals surface area contributed by atoms with Crippen LogP contribution in [0.15, 0.2) is 48.5 Å². The zero-order valence-electron chi connectivity index (χ0n) is 9.54. The van der Waals surface area contributed by atoms with Crippen molar-refractivity contribution in [1.82, 2.24) is 15.4 Å². The van der Waals surface area contributed by atoms with E-state index in [4.69, 9.17) is 5.73 Å². The van der Waals surface area contributed by atoms with E-state index in [2.05, 4.69) is 20.7 Å². The fourth-order valence-electron chi connectivity index (χ4n) is 1.73. The summed E-state index contributed by atoms with van der Waals surface area (Å²) < 4.78 is 0. The first-order valence-corrected chi connectivity index (χ1v) is 5.53.